The van der Waals surface area contributed by atoms with E-state index in [1.165, 1.54) is 24.2 Å². The van der Waals surface area contributed by atoms with Crippen LogP contribution in [0.1, 0.15) is 41.2 Å². The van der Waals surface area contributed by atoms with Crippen LogP contribution in [0.3, 0.4) is 0 Å². The summed E-state index contributed by atoms with van der Waals surface area (Å²) in [5.41, 5.74) is 8.85. The van der Waals surface area contributed by atoms with Crippen molar-refractivity contribution in [1.29, 1.82) is 0 Å². The Morgan fingerprint density at radius 3 is 2.24 bits per heavy atom. The number of halogens is 3. The van der Waals surface area contributed by atoms with E-state index >= 15 is 0 Å². The number of amides is 2. The molecule has 1 heterocycles. The third kappa shape index (κ3) is 13.7. The number of hydrogen-bond acceptors (Lipinski definition) is 6. The van der Waals surface area contributed by atoms with Gasteiger partial charge in [-0.05, 0) is 36.9 Å². The summed E-state index contributed by atoms with van der Waals surface area (Å²) in [6, 6.07) is 18.8. The molecule has 3 aromatic carbocycles. The van der Waals surface area contributed by atoms with Crippen LogP contribution in [0, 0.1) is 11.6 Å². The van der Waals surface area contributed by atoms with Gasteiger partial charge >= 0.3 is 0 Å². The first-order valence-electron chi connectivity index (χ1n) is 14.0. The number of nitrogens with zero attached hydrogens (tertiary/aromatic N) is 3. The Kier molecular flexibility index (Phi) is 16.6. The first-order chi connectivity index (χ1) is 21.6. The lowest BCUT2D eigenvalue weighted by atomic mass is 10.0. The number of nitrogens with one attached hydrogen (secondary N) is 1. The van der Waals surface area contributed by atoms with Gasteiger partial charge in [0.15, 0.2) is 0 Å². The normalized spacial score (nSPS) is 12.0. The second-order valence-electron chi connectivity index (χ2n) is 9.81. The SMILES string of the molecule is C1CC1.CN(C)C=O.CNC(COC)c1ccc(Cl)c(-c2nc(-c3ccccc3)cs2)c1.NC=NC(=O)c1cc(F)cc(F)c1. The molecule has 1 aromatic heterocycles. The number of carbonyl (C=O) groups excluding carboxylic acids is 2. The highest BCUT2D eigenvalue weighted by molar-refractivity contribution is 7.13. The van der Waals surface area contributed by atoms with Crippen LogP contribution >= 0.6 is 22.9 Å². The van der Waals surface area contributed by atoms with Gasteiger partial charge in [0, 0.05) is 49.3 Å². The molecular formula is C33H38ClF2N5O3S. The summed E-state index contributed by atoms with van der Waals surface area (Å²) in [4.78, 5) is 29.7. The third-order valence-corrected chi connectivity index (χ3v) is 6.95. The van der Waals surface area contributed by atoms with Gasteiger partial charge in [0.05, 0.1) is 29.7 Å². The predicted molar refractivity (Wildman–Crippen MR) is 179 cm³/mol. The maximum atomic E-state index is 12.6. The summed E-state index contributed by atoms with van der Waals surface area (Å²) in [7, 11) is 7.00. The molecule has 12 heteroatoms. The van der Waals surface area contributed by atoms with Crippen molar-refractivity contribution >= 4 is 41.6 Å². The fourth-order valence-corrected chi connectivity index (χ4v) is 4.52. The van der Waals surface area contributed by atoms with Gasteiger partial charge in [-0.25, -0.2) is 13.8 Å². The summed E-state index contributed by atoms with van der Waals surface area (Å²) >= 11 is 8.03. The maximum absolute atomic E-state index is 12.6. The van der Waals surface area contributed by atoms with Gasteiger partial charge in [-0.1, -0.05) is 67.3 Å². The molecule has 0 saturated heterocycles. The zero-order chi connectivity index (χ0) is 33.2. The van der Waals surface area contributed by atoms with Crippen molar-refractivity contribution in [2.45, 2.75) is 25.3 Å². The first-order valence-corrected chi connectivity index (χ1v) is 15.2. The monoisotopic (exact) mass is 657 g/mol. The summed E-state index contributed by atoms with van der Waals surface area (Å²) < 4.78 is 30.4. The molecule has 3 N–H and O–H groups in total. The summed E-state index contributed by atoms with van der Waals surface area (Å²) in [6.07, 6.45) is 6.02. The number of rotatable bonds is 8. The fourth-order valence-electron chi connectivity index (χ4n) is 3.39. The molecule has 0 aliphatic heterocycles. The Morgan fingerprint density at radius 2 is 1.73 bits per heavy atom. The molecule has 1 atom stereocenters. The summed E-state index contributed by atoms with van der Waals surface area (Å²) in [5, 5.41) is 6.96. The molecule has 0 spiro atoms. The van der Waals surface area contributed by atoms with E-state index in [1.807, 2.05) is 37.4 Å². The number of hydrogen-bond donors (Lipinski definition) is 2. The zero-order valence-electron chi connectivity index (χ0n) is 25.7. The van der Waals surface area contributed by atoms with Crippen molar-refractivity contribution in [3.8, 4) is 21.8 Å². The van der Waals surface area contributed by atoms with Crippen LogP contribution < -0.4 is 11.1 Å². The highest BCUT2D eigenvalue weighted by Crippen LogP contribution is 2.35. The summed E-state index contributed by atoms with van der Waals surface area (Å²) in [5.74, 6) is -2.42. The Labute approximate surface area is 271 Å². The summed E-state index contributed by atoms with van der Waals surface area (Å²) in [6.45, 7) is 0.602. The van der Waals surface area contributed by atoms with E-state index in [2.05, 4.69) is 33.9 Å². The second-order valence-corrected chi connectivity index (χ2v) is 11.1. The fraction of sp³-hybridized carbons (Fsp3) is 0.273. The standard InChI is InChI=1S/C19H19ClN2OS.C8H6F2N2O.C3H7NO.C3H6/c1-21-17(11-23-2)14-8-9-16(20)15(10-14)19-22-18(12-24-19)13-6-4-3-5-7-13;9-6-1-5(2-7(10)3-6)8(13)12-4-11;1-4(2)3-5;1-2-3-1/h3-10,12,17,21H,11H2,1-2H3;1-4H,(H2,11,12,13);3H,1-2H3;1-3H2. The Morgan fingerprint density at radius 1 is 1.11 bits per heavy atom. The number of likely N-dealkylation sites (N-methyl/N-ethyl adjacent to an activating group) is 1. The predicted octanol–water partition coefficient (Wildman–Crippen LogP) is 7.00. The molecule has 5 rings (SSSR count). The van der Waals surface area contributed by atoms with Crippen LogP contribution in [0.25, 0.3) is 21.8 Å². The van der Waals surface area contributed by atoms with Crippen LogP contribution in [-0.2, 0) is 9.53 Å². The van der Waals surface area contributed by atoms with Crippen molar-refractivity contribution in [3.05, 3.63) is 99.9 Å². The molecule has 45 heavy (non-hydrogen) atoms. The quantitative estimate of drug-likeness (QED) is 0.120. The molecule has 2 amide bonds. The van der Waals surface area contributed by atoms with E-state index < -0.39 is 17.5 Å². The lowest BCUT2D eigenvalue weighted by molar-refractivity contribution is -0.115. The van der Waals surface area contributed by atoms with E-state index in [4.69, 9.17) is 27.1 Å². The Hall–Kier alpha value is -4.03. The molecule has 1 aliphatic carbocycles. The van der Waals surface area contributed by atoms with Crippen LogP contribution in [0.15, 0.2) is 77.1 Å². The number of aromatic nitrogens is 1. The number of aliphatic imine (C=N–C) groups is 1. The van der Waals surface area contributed by atoms with Crippen LogP contribution in [0.4, 0.5) is 8.78 Å². The van der Waals surface area contributed by atoms with Gasteiger partial charge in [-0.3, -0.25) is 9.59 Å². The molecule has 240 valence electrons. The first kappa shape index (κ1) is 37.2. The minimum atomic E-state index is -0.824. The molecule has 8 nitrogen and oxygen atoms in total. The van der Waals surface area contributed by atoms with Crippen LogP contribution in [0.5, 0.6) is 0 Å². The topological polar surface area (TPSA) is 110 Å². The smallest absolute Gasteiger partial charge is 0.278 e. The Balaban J connectivity index is 0.000000278. The zero-order valence-corrected chi connectivity index (χ0v) is 27.2. The van der Waals surface area contributed by atoms with Gasteiger partial charge in [0.2, 0.25) is 6.41 Å². The number of thiazole rings is 1. The molecule has 1 aliphatic rings. The van der Waals surface area contributed by atoms with Crippen molar-refractivity contribution in [2.75, 3.05) is 34.9 Å². The number of carbonyl (C=O) groups is 2. The van der Waals surface area contributed by atoms with Crippen LogP contribution in [-0.4, -0.2) is 63.4 Å². The maximum Gasteiger partial charge on any atom is 0.278 e. The molecule has 1 unspecified atom stereocenters. The highest BCUT2D eigenvalue weighted by Gasteiger charge is 2.15. The highest BCUT2D eigenvalue weighted by atomic mass is 35.5. The third-order valence-electron chi connectivity index (χ3n) is 5.74. The second kappa shape index (κ2) is 20.1. The largest absolute Gasteiger partial charge is 0.390 e. The minimum Gasteiger partial charge on any atom is -0.390 e. The molecule has 0 radical (unpaired) electrons. The van der Waals surface area contributed by atoms with Gasteiger partial charge in [0.25, 0.3) is 5.91 Å². The van der Waals surface area contributed by atoms with E-state index in [9.17, 15) is 18.4 Å². The van der Waals surface area contributed by atoms with Crippen molar-refractivity contribution in [3.63, 3.8) is 0 Å². The molecule has 4 aromatic rings. The molecular weight excluding hydrogens is 620 g/mol. The molecule has 1 saturated carbocycles. The van der Waals surface area contributed by atoms with Crippen LogP contribution in [0.2, 0.25) is 5.02 Å². The van der Waals surface area contributed by atoms with Gasteiger partial charge in [-0.15, -0.1) is 11.3 Å². The van der Waals surface area contributed by atoms with Crippen molar-refractivity contribution in [1.82, 2.24) is 15.2 Å². The molecule has 1 fully saturated rings. The average molecular weight is 658 g/mol. The molecule has 0 bridgehead atoms. The van der Waals surface area contributed by atoms with Gasteiger partial charge < -0.3 is 20.7 Å². The number of ether oxygens (including phenoxy) is 1. The van der Waals surface area contributed by atoms with E-state index in [0.717, 1.165) is 52.3 Å². The average Bonchev–Trinajstić information content (AvgIpc) is 3.85. The Bertz CT molecular complexity index is 1490. The lowest BCUT2D eigenvalue weighted by Gasteiger charge is -2.16. The minimum absolute atomic E-state index is 0.125. The van der Waals surface area contributed by atoms with Gasteiger partial charge in [-0.2, -0.15) is 4.99 Å². The van der Waals surface area contributed by atoms with E-state index in [-0.39, 0.29) is 11.6 Å². The number of benzene rings is 3. The van der Waals surface area contributed by atoms with Crippen molar-refractivity contribution in [2.24, 2.45) is 10.7 Å². The van der Waals surface area contributed by atoms with Gasteiger partial charge in [0.1, 0.15) is 16.6 Å². The lowest BCUT2D eigenvalue weighted by Crippen LogP contribution is -2.21. The number of methoxy groups -OCH3 is 1. The van der Waals surface area contributed by atoms with E-state index in [1.54, 1.807) is 32.5 Å². The van der Waals surface area contributed by atoms with Crippen molar-refractivity contribution < 1.29 is 23.1 Å². The van der Waals surface area contributed by atoms with E-state index in [0.29, 0.717) is 17.7 Å². The number of nitrogens with two attached hydrogens (primary N) is 1.